The van der Waals surface area contributed by atoms with Gasteiger partial charge in [-0.15, -0.1) is 0 Å². The predicted octanol–water partition coefficient (Wildman–Crippen LogP) is 2.23. The monoisotopic (exact) mass is 409 g/mol. The van der Waals surface area contributed by atoms with E-state index in [4.69, 9.17) is 4.74 Å². The number of ether oxygens (including phenoxy) is 1. The maximum atomic E-state index is 13.0. The number of amides is 1. The van der Waals surface area contributed by atoms with Gasteiger partial charge >= 0.3 is 0 Å². The molecule has 1 aromatic rings. The zero-order valence-corrected chi connectivity index (χ0v) is 18.2. The highest BCUT2D eigenvalue weighted by Crippen LogP contribution is 2.40. The summed E-state index contributed by atoms with van der Waals surface area (Å²) in [6.45, 7) is 6.72. The summed E-state index contributed by atoms with van der Waals surface area (Å²) in [5.74, 6) is 0.365. The number of fused-ring (bicyclic) bond motifs is 1. The molecule has 1 saturated heterocycles. The number of carbonyl (C=O) groups excluding carboxylic acids is 1. The molecule has 0 aliphatic carbocycles. The van der Waals surface area contributed by atoms with Crippen LogP contribution in [0.5, 0.6) is 5.75 Å². The molecule has 28 heavy (non-hydrogen) atoms. The highest BCUT2D eigenvalue weighted by molar-refractivity contribution is 7.86. The second kappa shape index (κ2) is 7.65. The van der Waals surface area contributed by atoms with Crippen LogP contribution in [0.3, 0.4) is 0 Å². The molecule has 3 rings (SSSR count). The van der Waals surface area contributed by atoms with Gasteiger partial charge in [-0.25, -0.2) is 0 Å². The molecule has 2 aliphatic heterocycles. The summed E-state index contributed by atoms with van der Waals surface area (Å²) in [4.78, 5) is 13.0. The zero-order valence-electron chi connectivity index (χ0n) is 17.4. The van der Waals surface area contributed by atoms with Crippen LogP contribution in [0, 0.1) is 12.8 Å². The Hall–Kier alpha value is -1.64. The van der Waals surface area contributed by atoms with Crippen molar-refractivity contribution in [2.75, 3.05) is 27.2 Å². The predicted molar refractivity (Wildman–Crippen MR) is 108 cm³/mol. The van der Waals surface area contributed by atoms with Crippen molar-refractivity contribution in [2.24, 2.45) is 5.92 Å². The number of carbonyl (C=O) groups is 1. The van der Waals surface area contributed by atoms with Crippen LogP contribution in [0.4, 0.5) is 0 Å². The highest BCUT2D eigenvalue weighted by atomic mass is 32.2. The van der Waals surface area contributed by atoms with Crippen molar-refractivity contribution in [2.45, 2.75) is 51.7 Å². The molecular weight excluding hydrogens is 378 g/mol. The summed E-state index contributed by atoms with van der Waals surface area (Å²) < 4.78 is 33.6. The van der Waals surface area contributed by atoms with E-state index < -0.39 is 10.2 Å². The van der Waals surface area contributed by atoms with Gasteiger partial charge in [0.25, 0.3) is 10.2 Å². The molecule has 2 unspecified atom stereocenters. The van der Waals surface area contributed by atoms with Gasteiger partial charge in [0, 0.05) is 39.2 Å². The average Bonchev–Trinajstić information content (AvgIpc) is 2.61. The normalized spacial score (nSPS) is 25.1. The topological polar surface area (TPSA) is 79.0 Å². The summed E-state index contributed by atoms with van der Waals surface area (Å²) in [5, 5.41) is 3.17. The van der Waals surface area contributed by atoms with Crippen molar-refractivity contribution >= 4 is 16.1 Å². The second-order valence-corrected chi connectivity index (χ2v) is 10.8. The van der Waals surface area contributed by atoms with Gasteiger partial charge in [-0.3, -0.25) is 4.79 Å². The first kappa shape index (κ1) is 21.1. The van der Waals surface area contributed by atoms with Gasteiger partial charge in [0.15, 0.2) is 0 Å². The number of rotatable bonds is 4. The van der Waals surface area contributed by atoms with E-state index in [0.717, 1.165) is 16.9 Å². The van der Waals surface area contributed by atoms with Crippen LogP contribution >= 0.6 is 0 Å². The number of hydrogen-bond donors (Lipinski definition) is 1. The molecule has 2 aliphatic rings. The van der Waals surface area contributed by atoms with Crippen molar-refractivity contribution < 1.29 is 17.9 Å². The third-order valence-electron chi connectivity index (χ3n) is 5.48. The average molecular weight is 410 g/mol. The standard InChI is InChI=1S/C20H31N3O4S/c1-14-8-9-18-16(11-14)17(12-20(2,3)27-18)21-19(24)15-7-6-10-23(13-15)28(25,26)22(4)5/h8-9,11,15,17H,6-7,10,12-13H2,1-5H3,(H,21,24). The molecule has 1 fully saturated rings. The minimum Gasteiger partial charge on any atom is -0.487 e. The summed E-state index contributed by atoms with van der Waals surface area (Å²) in [6.07, 6.45) is 2.04. The van der Waals surface area contributed by atoms with Gasteiger partial charge in [-0.05, 0) is 39.7 Å². The SMILES string of the molecule is Cc1ccc2c(c1)C(NC(=O)C1CCCN(S(=O)(=O)N(C)C)C1)CC(C)(C)O2. The molecule has 7 nitrogen and oxygen atoms in total. The molecule has 0 aromatic heterocycles. The van der Waals surface area contributed by atoms with Crippen molar-refractivity contribution in [3.05, 3.63) is 29.3 Å². The Labute approximate surface area is 168 Å². The van der Waals surface area contributed by atoms with E-state index in [-0.39, 0.29) is 30.0 Å². The third-order valence-corrected chi connectivity index (χ3v) is 7.39. The molecule has 1 aromatic carbocycles. The van der Waals surface area contributed by atoms with E-state index in [9.17, 15) is 13.2 Å². The molecule has 1 amide bonds. The van der Waals surface area contributed by atoms with Crippen LogP contribution in [0.25, 0.3) is 0 Å². The number of hydrogen-bond acceptors (Lipinski definition) is 4. The Morgan fingerprint density at radius 2 is 2.04 bits per heavy atom. The lowest BCUT2D eigenvalue weighted by Crippen LogP contribution is -2.50. The molecular formula is C20H31N3O4S. The van der Waals surface area contributed by atoms with Gasteiger partial charge < -0.3 is 10.1 Å². The Balaban J connectivity index is 1.77. The fourth-order valence-corrected chi connectivity index (χ4v) is 5.18. The van der Waals surface area contributed by atoms with E-state index in [0.29, 0.717) is 25.8 Å². The number of benzene rings is 1. The number of nitrogens with one attached hydrogen (secondary N) is 1. The van der Waals surface area contributed by atoms with Crippen molar-refractivity contribution in [1.82, 2.24) is 13.9 Å². The molecule has 0 saturated carbocycles. The van der Waals surface area contributed by atoms with Crippen LogP contribution < -0.4 is 10.1 Å². The smallest absolute Gasteiger partial charge is 0.281 e. The van der Waals surface area contributed by atoms with Gasteiger partial charge in [0.05, 0.1) is 12.0 Å². The molecule has 1 N–H and O–H groups in total. The fraction of sp³-hybridized carbons (Fsp3) is 0.650. The molecule has 156 valence electrons. The van der Waals surface area contributed by atoms with Crippen LogP contribution in [0.1, 0.15) is 50.3 Å². The van der Waals surface area contributed by atoms with Crippen molar-refractivity contribution in [3.63, 3.8) is 0 Å². The molecule has 0 bridgehead atoms. The van der Waals surface area contributed by atoms with E-state index in [1.54, 1.807) is 0 Å². The summed E-state index contributed by atoms with van der Waals surface area (Å²) >= 11 is 0. The number of piperidine rings is 1. The summed E-state index contributed by atoms with van der Waals surface area (Å²) in [7, 11) is -0.473. The first-order chi connectivity index (χ1) is 13.0. The second-order valence-electron chi connectivity index (χ2n) is 8.66. The Kier molecular flexibility index (Phi) is 5.76. The molecule has 0 spiro atoms. The first-order valence-electron chi connectivity index (χ1n) is 9.77. The van der Waals surface area contributed by atoms with Gasteiger partial charge in [-0.2, -0.15) is 17.0 Å². The van der Waals surface area contributed by atoms with Gasteiger partial charge in [0.2, 0.25) is 5.91 Å². The minimum absolute atomic E-state index is 0.0891. The van der Waals surface area contributed by atoms with Crippen LogP contribution in [-0.4, -0.2) is 55.7 Å². The lowest BCUT2D eigenvalue weighted by atomic mass is 9.88. The maximum absolute atomic E-state index is 13.0. The Bertz CT molecular complexity index is 851. The number of aryl methyl sites for hydroxylation is 1. The summed E-state index contributed by atoms with van der Waals surface area (Å²) in [5.41, 5.74) is 1.72. The first-order valence-corrected chi connectivity index (χ1v) is 11.2. The van der Waals surface area contributed by atoms with Crippen molar-refractivity contribution in [1.29, 1.82) is 0 Å². The largest absolute Gasteiger partial charge is 0.487 e. The van der Waals surface area contributed by atoms with Crippen molar-refractivity contribution in [3.8, 4) is 5.75 Å². The van der Waals surface area contributed by atoms with Gasteiger partial charge in [0.1, 0.15) is 11.4 Å². The Morgan fingerprint density at radius 3 is 2.71 bits per heavy atom. The lowest BCUT2D eigenvalue weighted by molar-refractivity contribution is -0.127. The minimum atomic E-state index is -3.51. The van der Waals surface area contributed by atoms with E-state index in [1.807, 2.05) is 32.9 Å². The molecule has 2 heterocycles. The lowest BCUT2D eigenvalue weighted by Gasteiger charge is -2.39. The van der Waals surface area contributed by atoms with Crippen LogP contribution in [0.2, 0.25) is 0 Å². The highest BCUT2D eigenvalue weighted by Gasteiger charge is 2.38. The van der Waals surface area contributed by atoms with Gasteiger partial charge in [-0.1, -0.05) is 17.7 Å². The summed E-state index contributed by atoms with van der Waals surface area (Å²) in [6, 6.07) is 5.87. The molecule has 2 atom stereocenters. The Morgan fingerprint density at radius 1 is 1.32 bits per heavy atom. The van der Waals surface area contributed by atoms with Crippen LogP contribution in [0.15, 0.2) is 18.2 Å². The van der Waals surface area contributed by atoms with E-state index in [2.05, 4.69) is 11.4 Å². The maximum Gasteiger partial charge on any atom is 0.281 e. The molecule has 0 radical (unpaired) electrons. The zero-order chi connectivity index (χ0) is 20.7. The fourth-order valence-electron chi connectivity index (χ4n) is 3.99. The van der Waals surface area contributed by atoms with E-state index in [1.165, 1.54) is 22.7 Å². The van der Waals surface area contributed by atoms with Crippen LogP contribution in [-0.2, 0) is 15.0 Å². The third kappa shape index (κ3) is 4.34. The number of nitrogens with zero attached hydrogens (tertiary/aromatic N) is 2. The molecule has 8 heteroatoms. The van der Waals surface area contributed by atoms with E-state index >= 15 is 0 Å². The quantitative estimate of drug-likeness (QED) is 0.827.